The SMILES string of the molecule is O[C@]12CCC[C@@H]1C[C@@H]1CC[C@H]12. The molecule has 1 nitrogen and oxygen atoms in total. The Morgan fingerprint density at radius 3 is 2.82 bits per heavy atom. The molecule has 0 aliphatic heterocycles. The summed E-state index contributed by atoms with van der Waals surface area (Å²) in [5.41, 5.74) is -0.178. The molecule has 0 unspecified atom stereocenters. The van der Waals surface area contributed by atoms with Gasteiger partial charge < -0.3 is 5.11 Å². The van der Waals surface area contributed by atoms with E-state index in [0.717, 1.165) is 18.3 Å². The molecule has 0 aromatic heterocycles. The average molecular weight is 152 g/mol. The van der Waals surface area contributed by atoms with Crippen LogP contribution in [0.3, 0.4) is 0 Å². The van der Waals surface area contributed by atoms with Gasteiger partial charge in [0.15, 0.2) is 0 Å². The molecule has 3 rings (SSSR count). The molecule has 4 atom stereocenters. The molecule has 0 heterocycles. The summed E-state index contributed by atoms with van der Waals surface area (Å²) in [7, 11) is 0. The molecule has 0 amide bonds. The van der Waals surface area contributed by atoms with Gasteiger partial charge in [0.1, 0.15) is 0 Å². The fourth-order valence-corrected chi connectivity index (χ4v) is 3.77. The molecular weight excluding hydrogens is 136 g/mol. The average Bonchev–Trinajstić information content (AvgIpc) is 2.30. The monoisotopic (exact) mass is 152 g/mol. The van der Waals surface area contributed by atoms with E-state index in [4.69, 9.17) is 0 Å². The lowest BCUT2D eigenvalue weighted by molar-refractivity contribution is -0.0514. The van der Waals surface area contributed by atoms with Gasteiger partial charge >= 0.3 is 0 Å². The second-order valence-corrected chi connectivity index (χ2v) is 4.76. The highest BCUT2D eigenvalue weighted by atomic mass is 16.3. The molecule has 1 N–H and O–H groups in total. The Balaban J connectivity index is 1.94. The van der Waals surface area contributed by atoms with Gasteiger partial charge in [0.05, 0.1) is 5.60 Å². The third-order valence-electron chi connectivity index (χ3n) is 4.48. The quantitative estimate of drug-likeness (QED) is 0.562. The number of hydrogen-bond donors (Lipinski definition) is 1. The molecule has 1 heteroatoms. The van der Waals surface area contributed by atoms with E-state index in [9.17, 15) is 5.11 Å². The van der Waals surface area contributed by atoms with Crippen LogP contribution in [0.2, 0.25) is 0 Å². The van der Waals surface area contributed by atoms with Gasteiger partial charge in [-0.3, -0.25) is 0 Å². The number of fused-ring (bicyclic) bond motifs is 3. The maximum atomic E-state index is 10.3. The van der Waals surface area contributed by atoms with E-state index in [0.29, 0.717) is 5.92 Å². The van der Waals surface area contributed by atoms with E-state index in [2.05, 4.69) is 0 Å². The summed E-state index contributed by atoms with van der Waals surface area (Å²) in [5.74, 6) is 2.33. The minimum absolute atomic E-state index is 0.178. The van der Waals surface area contributed by atoms with Gasteiger partial charge in [-0.05, 0) is 49.9 Å². The third kappa shape index (κ3) is 0.618. The fraction of sp³-hybridized carbons (Fsp3) is 1.00. The second kappa shape index (κ2) is 1.82. The molecule has 3 saturated carbocycles. The van der Waals surface area contributed by atoms with Crippen LogP contribution in [0, 0.1) is 17.8 Å². The third-order valence-corrected chi connectivity index (χ3v) is 4.48. The summed E-state index contributed by atoms with van der Waals surface area (Å²) < 4.78 is 0. The van der Waals surface area contributed by atoms with Crippen molar-refractivity contribution in [3.05, 3.63) is 0 Å². The standard InChI is InChI=1S/C10H16O/c11-10-5-1-2-8(10)6-7-3-4-9(7)10/h7-9,11H,1-6H2/t7-,8+,9+,10+/m0/s1. The summed E-state index contributed by atoms with van der Waals surface area (Å²) in [6.45, 7) is 0. The zero-order valence-electron chi connectivity index (χ0n) is 6.92. The Morgan fingerprint density at radius 1 is 1.18 bits per heavy atom. The van der Waals surface area contributed by atoms with Crippen LogP contribution in [-0.2, 0) is 0 Å². The largest absolute Gasteiger partial charge is 0.389 e. The van der Waals surface area contributed by atoms with Crippen molar-refractivity contribution in [2.45, 2.75) is 44.1 Å². The summed E-state index contributed by atoms with van der Waals surface area (Å²) in [6, 6.07) is 0. The van der Waals surface area contributed by atoms with Crippen molar-refractivity contribution in [1.29, 1.82) is 0 Å². The Kier molecular flexibility index (Phi) is 1.07. The van der Waals surface area contributed by atoms with Gasteiger partial charge in [-0.2, -0.15) is 0 Å². The molecule has 11 heavy (non-hydrogen) atoms. The molecule has 0 spiro atoms. The van der Waals surface area contributed by atoms with Gasteiger partial charge in [0, 0.05) is 0 Å². The van der Waals surface area contributed by atoms with E-state index in [1.54, 1.807) is 0 Å². The maximum absolute atomic E-state index is 10.3. The summed E-state index contributed by atoms with van der Waals surface area (Å²) in [4.78, 5) is 0. The Labute approximate surface area is 67.8 Å². The predicted octanol–water partition coefficient (Wildman–Crippen LogP) is 1.95. The summed E-state index contributed by atoms with van der Waals surface area (Å²) in [5, 5.41) is 10.3. The first kappa shape index (κ1) is 6.47. The zero-order chi connectivity index (χ0) is 7.47. The van der Waals surface area contributed by atoms with Crippen LogP contribution < -0.4 is 0 Å². The first-order chi connectivity index (χ1) is 5.31. The van der Waals surface area contributed by atoms with Crippen molar-refractivity contribution in [2.24, 2.45) is 17.8 Å². The summed E-state index contributed by atoms with van der Waals surface area (Å²) >= 11 is 0. The van der Waals surface area contributed by atoms with Gasteiger partial charge in [-0.25, -0.2) is 0 Å². The van der Waals surface area contributed by atoms with Gasteiger partial charge in [0.25, 0.3) is 0 Å². The van der Waals surface area contributed by atoms with E-state index in [1.807, 2.05) is 0 Å². The molecule has 0 saturated heterocycles. The molecule has 3 aliphatic rings. The zero-order valence-corrected chi connectivity index (χ0v) is 6.92. The predicted molar refractivity (Wildman–Crippen MR) is 43.1 cm³/mol. The fourth-order valence-electron chi connectivity index (χ4n) is 3.77. The Hall–Kier alpha value is -0.0400. The van der Waals surface area contributed by atoms with Crippen molar-refractivity contribution in [2.75, 3.05) is 0 Å². The molecule has 0 radical (unpaired) electrons. The summed E-state index contributed by atoms with van der Waals surface area (Å²) in [6.07, 6.45) is 7.77. The highest BCUT2D eigenvalue weighted by Crippen LogP contribution is 2.61. The van der Waals surface area contributed by atoms with E-state index < -0.39 is 0 Å². The first-order valence-corrected chi connectivity index (χ1v) is 5.03. The first-order valence-electron chi connectivity index (χ1n) is 5.03. The number of aliphatic hydroxyl groups is 1. The lowest BCUT2D eigenvalue weighted by Crippen LogP contribution is -2.40. The highest BCUT2D eigenvalue weighted by Gasteiger charge is 2.58. The molecule has 0 bridgehead atoms. The van der Waals surface area contributed by atoms with Crippen LogP contribution in [0.5, 0.6) is 0 Å². The van der Waals surface area contributed by atoms with Gasteiger partial charge in [-0.1, -0.05) is 6.42 Å². The van der Waals surface area contributed by atoms with E-state index in [-0.39, 0.29) is 5.60 Å². The van der Waals surface area contributed by atoms with Crippen LogP contribution in [0.4, 0.5) is 0 Å². The van der Waals surface area contributed by atoms with Crippen LogP contribution >= 0.6 is 0 Å². The maximum Gasteiger partial charge on any atom is 0.0706 e. The molecule has 0 aromatic carbocycles. The number of hydrogen-bond acceptors (Lipinski definition) is 1. The van der Waals surface area contributed by atoms with Crippen LogP contribution in [0.25, 0.3) is 0 Å². The molecule has 3 fully saturated rings. The van der Waals surface area contributed by atoms with Crippen molar-refractivity contribution >= 4 is 0 Å². The molecule has 3 aliphatic carbocycles. The van der Waals surface area contributed by atoms with E-state index >= 15 is 0 Å². The minimum atomic E-state index is -0.178. The lowest BCUT2D eigenvalue weighted by atomic mass is 9.70. The second-order valence-electron chi connectivity index (χ2n) is 4.76. The van der Waals surface area contributed by atoms with Gasteiger partial charge in [0.2, 0.25) is 0 Å². The van der Waals surface area contributed by atoms with Crippen LogP contribution in [0.15, 0.2) is 0 Å². The van der Waals surface area contributed by atoms with Crippen LogP contribution in [0.1, 0.15) is 38.5 Å². The van der Waals surface area contributed by atoms with Crippen molar-refractivity contribution in [3.8, 4) is 0 Å². The normalized spacial score (nSPS) is 60.3. The molecular formula is C10H16O. The van der Waals surface area contributed by atoms with Gasteiger partial charge in [-0.15, -0.1) is 0 Å². The lowest BCUT2D eigenvalue weighted by Gasteiger charge is -2.39. The Bertz CT molecular complexity index is 185. The Morgan fingerprint density at radius 2 is 2.09 bits per heavy atom. The van der Waals surface area contributed by atoms with Crippen molar-refractivity contribution in [1.82, 2.24) is 0 Å². The molecule has 0 aromatic rings. The van der Waals surface area contributed by atoms with Crippen molar-refractivity contribution in [3.63, 3.8) is 0 Å². The minimum Gasteiger partial charge on any atom is -0.389 e. The number of rotatable bonds is 0. The highest BCUT2D eigenvalue weighted by molar-refractivity contribution is 5.09. The molecule has 62 valence electrons. The van der Waals surface area contributed by atoms with E-state index in [1.165, 1.54) is 32.1 Å². The topological polar surface area (TPSA) is 20.2 Å². The van der Waals surface area contributed by atoms with Crippen LogP contribution in [-0.4, -0.2) is 10.7 Å². The van der Waals surface area contributed by atoms with Crippen molar-refractivity contribution < 1.29 is 5.11 Å². The smallest absolute Gasteiger partial charge is 0.0706 e.